The van der Waals surface area contributed by atoms with E-state index in [9.17, 15) is 8.42 Å². The quantitative estimate of drug-likeness (QED) is 0.850. The van der Waals surface area contributed by atoms with Crippen molar-refractivity contribution < 1.29 is 8.42 Å². The molecule has 1 saturated carbocycles. The molecule has 5 heteroatoms. The lowest BCUT2D eigenvalue weighted by atomic mass is 9.83. The Morgan fingerprint density at radius 3 is 2.26 bits per heavy atom. The van der Waals surface area contributed by atoms with Crippen molar-refractivity contribution in [2.75, 3.05) is 5.73 Å². The largest absolute Gasteiger partial charge is 0.398 e. The van der Waals surface area contributed by atoms with Crippen LogP contribution in [0.15, 0.2) is 23.1 Å². The van der Waals surface area contributed by atoms with E-state index in [1.54, 1.807) is 6.07 Å². The minimum Gasteiger partial charge on any atom is -0.398 e. The predicted octanol–water partition coefficient (Wildman–Crippen LogP) is 3.52. The second-order valence-electron chi connectivity index (χ2n) is 5.77. The van der Waals surface area contributed by atoms with Crippen molar-refractivity contribution in [3.05, 3.63) is 23.2 Å². The molecular formula is C14H20ClNO2S. The van der Waals surface area contributed by atoms with Crippen LogP contribution in [0.2, 0.25) is 5.02 Å². The Morgan fingerprint density at radius 1 is 1.16 bits per heavy atom. The van der Waals surface area contributed by atoms with Crippen molar-refractivity contribution in [1.82, 2.24) is 0 Å². The molecule has 2 atom stereocenters. The fourth-order valence-electron chi connectivity index (χ4n) is 3.08. The Bertz CT molecular complexity index is 561. The first-order chi connectivity index (χ1) is 8.80. The number of halogens is 1. The van der Waals surface area contributed by atoms with Crippen LogP contribution < -0.4 is 5.73 Å². The van der Waals surface area contributed by atoms with Crippen molar-refractivity contribution in [3.63, 3.8) is 0 Å². The molecule has 0 aromatic heterocycles. The summed E-state index contributed by atoms with van der Waals surface area (Å²) >= 11 is 5.82. The minimum atomic E-state index is -3.36. The van der Waals surface area contributed by atoms with Crippen LogP contribution >= 0.6 is 11.6 Å². The molecule has 1 aliphatic carbocycles. The Morgan fingerprint density at radius 2 is 1.74 bits per heavy atom. The maximum Gasteiger partial charge on any atom is 0.183 e. The van der Waals surface area contributed by atoms with E-state index in [0.29, 0.717) is 16.9 Å². The first-order valence-corrected chi connectivity index (χ1v) is 8.52. The Balaban J connectivity index is 2.36. The summed E-state index contributed by atoms with van der Waals surface area (Å²) in [5.74, 6) is 0.883. The summed E-state index contributed by atoms with van der Waals surface area (Å²) in [6.45, 7) is 4.23. The molecule has 0 heterocycles. The summed E-state index contributed by atoms with van der Waals surface area (Å²) in [7, 11) is -3.36. The van der Waals surface area contributed by atoms with Crippen LogP contribution in [0.1, 0.15) is 33.1 Å². The summed E-state index contributed by atoms with van der Waals surface area (Å²) < 4.78 is 25.4. The molecule has 2 N–H and O–H groups in total. The molecule has 2 rings (SSSR count). The van der Waals surface area contributed by atoms with Crippen molar-refractivity contribution >= 4 is 27.1 Å². The maximum absolute atomic E-state index is 12.7. The molecule has 0 aliphatic heterocycles. The summed E-state index contributed by atoms with van der Waals surface area (Å²) in [5, 5.41) is 0.136. The van der Waals surface area contributed by atoms with Gasteiger partial charge >= 0.3 is 0 Å². The number of nitrogens with two attached hydrogens (primary N) is 1. The van der Waals surface area contributed by atoms with Crippen LogP contribution in [0.3, 0.4) is 0 Å². The number of nitrogen functional groups attached to an aromatic ring is 1. The Hall–Kier alpha value is -0.740. The molecule has 19 heavy (non-hydrogen) atoms. The number of anilines is 1. The molecule has 0 amide bonds. The summed E-state index contributed by atoms with van der Waals surface area (Å²) in [5.41, 5.74) is 6.07. The van der Waals surface area contributed by atoms with E-state index >= 15 is 0 Å². The summed E-state index contributed by atoms with van der Waals surface area (Å²) in [4.78, 5) is 0.225. The molecular weight excluding hydrogens is 282 g/mol. The van der Waals surface area contributed by atoms with Gasteiger partial charge in [-0.2, -0.15) is 0 Å². The third-order valence-corrected chi connectivity index (χ3v) is 6.33. The lowest BCUT2D eigenvalue weighted by Gasteiger charge is -2.31. The number of sulfone groups is 1. The average molecular weight is 302 g/mol. The van der Waals surface area contributed by atoms with Gasteiger partial charge in [-0.1, -0.05) is 25.4 Å². The monoisotopic (exact) mass is 301 g/mol. The number of hydrogen-bond acceptors (Lipinski definition) is 3. The summed E-state index contributed by atoms with van der Waals surface area (Å²) in [6, 6.07) is 4.61. The smallest absolute Gasteiger partial charge is 0.183 e. The first-order valence-electron chi connectivity index (χ1n) is 6.59. The van der Waals surface area contributed by atoms with E-state index in [1.165, 1.54) is 12.1 Å². The van der Waals surface area contributed by atoms with Gasteiger partial charge in [0.1, 0.15) is 0 Å². The van der Waals surface area contributed by atoms with Gasteiger partial charge < -0.3 is 5.73 Å². The fourth-order valence-corrected chi connectivity index (χ4v) is 5.43. The third-order valence-electron chi connectivity index (χ3n) is 3.85. The summed E-state index contributed by atoms with van der Waals surface area (Å²) in [6.07, 6.45) is 2.53. The highest BCUT2D eigenvalue weighted by Gasteiger charge is 2.35. The zero-order valence-corrected chi connectivity index (χ0v) is 12.8. The van der Waals surface area contributed by atoms with Gasteiger partial charge in [0.2, 0.25) is 0 Å². The fraction of sp³-hybridized carbons (Fsp3) is 0.571. The third kappa shape index (κ3) is 3.06. The number of hydrogen-bond donors (Lipinski definition) is 1. The van der Waals surface area contributed by atoms with E-state index < -0.39 is 9.84 Å². The normalized spacial score (nSPS) is 28.3. The van der Waals surface area contributed by atoms with E-state index in [2.05, 4.69) is 13.8 Å². The predicted molar refractivity (Wildman–Crippen MR) is 79.0 cm³/mol. The molecule has 0 spiro atoms. The van der Waals surface area contributed by atoms with E-state index in [1.807, 2.05) is 0 Å². The standard InChI is InChI=1S/C14H20ClNO2S/c1-9-5-10(2)7-12(6-9)19(17,18)14-4-3-11(15)8-13(14)16/h3-4,8-10,12H,5-7,16H2,1-2H3. The van der Waals surface area contributed by atoms with Crippen LogP contribution in [0, 0.1) is 11.8 Å². The van der Waals surface area contributed by atoms with Crippen molar-refractivity contribution in [1.29, 1.82) is 0 Å². The lowest BCUT2D eigenvalue weighted by Crippen LogP contribution is -2.31. The SMILES string of the molecule is CC1CC(C)CC(S(=O)(=O)c2ccc(Cl)cc2N)C1. The topological polar surface area (TPSA) is 60.2 Å². The van der Waals surface area contributed by atoms with Gasteiger partial charge in [0, 0.05) is 5.02 Å². The van der Waals surface area contributed by atoms with Crippen LogP contribution in [0.5, 0.6) is 0 Å². The second kappa shape index (κ2) is 5.33. The highest BCUT2D eigenvalue weighted by atomic mass is 35.5. The second-order valence-corrected chi connectivity index (χ2v) is 8.40. The molecule has 1 fully saturated rings. The molecule has 2 unspecified atom stereocenters. The molecule has 1 aromatic carbocycles. The molecule has 0 bridgehead atoms. The van der Waals surface area contributed by atoms with Crippen molar-refractivity contribution in [2.45, 2.75) is 43.3 Å². The van der Waals surface area contributed by atoms with E-state index in [0.717, 1.165) is 19.3 Å². The molecule has 106 valence electrons. The van der Waals surface area contributed by atoms with Crippen LogP contribution in [-0.2, 0) is 9.84 Å². The first kappa shape index (κ1) is 14.7. The van der Waals surface area contributed by atoms with Crippen LogP contribution in [-0.4, -0.2) is 13.7 Å². The number of rotatable bonds is 2. The van der Waals surface area contributed by atoms with Gasteiger partial charge in [0.05, 0.1) is 15.8 Å². The Labute approximate surface area is 120 Å². The molecule has 0 saturated heterocycles. The molecule has 1 aliphatic rings. The molecule has 1 aromatic rings. The molecule has 3 nitrogen and oxygen atoms in total. The highest BCUT2D eigenvalue weighted by Crippen LogP contribution is 2.36. The minimum absolute atomic E-state index is 0.225. The van der Waals surface area contributed by atoms with Gasteiger partial charge in [0.25, 0.3) is 0 Å². The number of benzene rings is 1. The Kier molecular flexibility index (Phi) is 4.11. The lowest BCUT2D eigenvalue weighted by molar-refractivity contribution is 0.301. The van der Waals surface area contributed by atoms with E-state index in [4.69, 9.17) is 17.3 Å². The maximum atomic E-state index is 12.7. The van der Waals surface area contributed by atoms with Gasteiger partial charge in [0.15, 0.2) is 9.84 Å². The van der Waals surface area contributed by atoms with Gasteiger partial charge in [-0.25, -0.2) is 8.42 Å². The zero-order valence-electron chi connectivity index (χ0n) is 11.3. The zero-order chi connectivity index (χ0) is 14.2. The van der Waals surface area contributed by atoms with E-state index in [-0.39, 0.29) is 15.8 Å². The van der Waals surface area contributed by atoms with Crippen LogP contribution in [0.4, 0.5) is 5.69 Å². The van der Waals surface area contributed by atoms with Gasteiger partial charge in [-0.3, -0.25) is 0 Å². The van der Waals surface area contributed by atoms with Gasteiger partial charge in [-0.15, -0.1) is 0 Å². The highest BCUT2D eigenvalue weighted by molar-refractivity contribution is 7.92. The van der Waals surface area contributed by atoms with Crippen molar-refractivity contribution in [2.24, 2.45) is 11.8 Å². The molecule has 0 radical (unpaired) electrons. The van der Waals surface area contributed by atoms with Gasteiger partial charge in [-0.05, 0) is 49.3 Å². The van der Waals surface area contributed by atoms with Crippen LogP contribution in [0.25, 0.3) is 0 Å². The van der Waals surface area contributed by atoms with Crippen molar-refractivity contribution in [3.8, 4) is 0 Å². The average Bonchev–Trinajstić information content (AvgIpc) is 2.26.